The molecular formula is C23H29N3O4. The molecule has 1 aliphatic rings. The van der Waals surface area contributed by atoms with Gasteiger partial charge < -0.3 is 20.1 Å². The first kappa shape index (κ1) is 21.6. The fourth-order valence-electron chi connectivity index (χ4n) is 2.98. The van der Waals surface area contributed by atoms with Crippen LogP contribution in [0.2, 0.25) is 0 Å². The minimum atomic E-state index is -0.139. The average molecular weight is 412 g/mol. The van der Waals surface area contributed by atoms with Gasteiger partial charge in [0.15, 0.2) is 11.5 Å². The second kappa shape index (κ2) is 10.6. The number of amides is 2. The molecule has 0 radical (unpaired) electrons. The van der Waals surface area contributed by atoms with Gasteiger partial charge in [0.2, 0.25) is 11.8 Å². The molecule has 0 atom stereocenters. The van der Waals surface area contributed by atoms with Crippen molar-refractivity contribution >= 4 is 11.8 Å². The highest BCUT2D eigenvalue weighted by atomic mass is 16.5. The first-order chi connectivity index (χ1) is 14.5. The Hall–Kier alpha value is -3.06. The lowest BCUT2D eigenvalue weighted by Gasteiger charge is -2.16. The molecule has 1 aliphatic carbocycles. The van der Waals surface area contributed by atoms with Crippen LogP contribution in [-0.2, 0) is 22.7 Å². The molecule has 3 rings (SSSR count). The van der Waals surface area contributed by atoms with E-state index in [0.717, 1.165) is 24.0 Å². The minimum Gasteiger partial charge on any atom is -0.493 e. The Kier molecular flexibility index (Phi) is 7.68. The molecule has 0 aliphatic heterocycles. The molecule has 2 aromatic carbocycles. The van der Waals surface area contributed by atoms with E-state index >= 15 is 0 Å². The van der Waals surface area contributed by atoms with Crippen molar-refractivity contribution in [3.05, 3.63) is 59.7 Å². The lowest BCUT2D eigenvalue weighted by Crippen LogP contribution is -2.41. The van der Waals surface area contributed by atoms with Crippen molar-refractivity contribution in [3.63, 3.8) is 0 Å². The van der Waals surface area contributed by atoms with E-state index in [4.69, 9.17) is 9.47 Å². The molecule has 0 unspecified atom stereocenters. The number of ether oxygens (including phenoxy) is 2. The van der Waals surface area contributed by atoms with Crippen molar-refractivity contribution in [2.75, 3.05) is 27.2 Å². The quantitative estimate of drug-likeness (QED) is 0.592. The lowest BCUT2D eigenvalue weighted by atomic mass is 10.2. The number of hydrogen-bond acceptors (Lipinski definition) is 5. The van der Waals surface area contributed by atoms with Gasteiger partial charge in [-0.2, -0.15) is 0 Å². The van der Waals surface area contributed by atoms with Crippen molar-refractivity contribution < 1.29 is 19.1 Å². The fraction of sp³-hybridized carbons (Fsp3) is 0.391. The Balaban J connectivity index is 1.45. The van der Waals surface area contributed by atoms with Crippen LogP contribution in [0.25, 0.3) is 0 Å². The summed E-state index contributed by atoms with van der Waals surface area (Å²) in [5, 5.41) is 5.79. The molecule has 2 aromatic rings. The third-order valence-electron chi connectivity index (χ3n) is 4.72. The van der Waals surface area contributed by atoms with Gasteiger partial charge in [-0.1, -0.05) is 36.4 Å². The number of nitrogens with zero attached hydrogens (tertiary/aromatic N) is 1. The first-order valence-electron chi connectivity index (χ1n) is 10.1. The smallest absolute Gasteiger partial charge is 0.234 e. The third kappa shape index (κ3) is 7.08. The molecule has 0 heterocycles. The van der Waals surface area contributed by atoms with Crippen LogP contribution in [-0.4, -0.2) is 50.0 Å². The minimum absolute atomic E-state index is 0.0383. The third-order valence-corrected chi connectivity index (χ3v) is 4.72. The van der Waals surface area contributed by atoms with Gasteiger partial charge in [-0.3, -0.25) is 14.5 Å². The van der Waals surface area contributed by atoms with Crippen molar-refractivity contribution in [3.8, 4) is 11.5 Å². The second-order valence-corrected chi connectivity index (χ2v) is 7.55. The molecule has 1 fully saturated rings. The molecule has 7 heteroatoms. The normalized spacial score (nSPS) is 13.0. The zero-order chi connectivity index (χ0) is 21.3. The van der Waals surface area contributed by atoms with E-state index in [0.29, 0.717) is 30.7 Å². The molecule has 2 amide bonds. The summed E-state index contributed by atoms with van der Waals surface area (Å²) in [6.45, 7) is 1.20. The molecule has 30 heavy (non-hydrogen) atoms. The van der Waals surface area contributed by atoms with Gasteiger partial charge in [0.1, 0.15) is 6.61 Å². The van der Waals surface area contributed by atoms with Crippen LogP contribution < -0.4 is 20.1 Å². The molecule has 7 nitrogen and oxygen atoms in total. The predicted molar refractivity (Wildman–Crippen MR) is 114 cm³/mol. The molecule has 0 spiro atoms. The van der Waals surface area contributed by atoms with Gasteiger partial charge in [0, 0.05) is 12.6 Å². The molecule has 160 valence electrons. The molecule has 0 bridgehead atoms. The SMILES string of the molecule is COc1cc(CNC(=O)CN(C)CC(=O)NC2CC2)ccc1OCc1ccccc1. The zero-order valence-corrected chi connectivity index (χ0v) is 17.5. The number of carbonyl (C=O) groups is 2. The predicted octanol–water partition coefficient (Wildman–Crippen LogP) is 2.10. The summed E-state index contributed by atoms with van der Waals surface area (Å²) >= 11 is 0. The maximum absolute atomic E-state index is 12.2. The van der Waals surface area contributed by atoms with Gasteiger partial charge in [-0.25, -0.2) is 0 Å². The number of carbonyl (C=O) groups excluding carboxylic acids is 2. The highest BCUT2D eigenvalue weighted by Crippen LogP contribution is 2.28. The molecule has 0 aromatic heterocycles. The number of likely N-dealkylation sites (N-methyl/N-ethyl adjacent to an activating group) is 1. The number of methoxy groups -OCH3 is 1. The number of benzene rings is 2. The molecule has 2 N–H and O–H groups in total. The number of rotatable bonds is 11. The Morgan fingerprint density at radius 2 is 1.73 bits per heavy atom. The van der Waals surface area contributed by atoms with Gasteiger partial charge in [-0.05, 0) is 43.1 Å². The standard InChI is InChI=1S/C23H29N3O4/c1-26(15-23(28)25-19-9-10-19)14-22(27)24-13-18-8-11-20(21(12-18)29-2)30-16-17-6-4-3-5-7-17/h3-8,11-12,19H,9-10,13-16H2,1-2H3,(H,24,27)(H,25,28). The van der Waals surface area contributed by atoms with Gasteiger partial charge >= 0.3 is 0 Å². The highest BCUT2D eigenvalue weighted by Gasteiger charge is 2.23. The van der Waals surface area contributed by atoms with Gasteiger partial charge in [0.25, 0.3) is 0 Å². The van der Waals surface area contributed by atoms with E-state index in [-0.39, 0.29) is 24.9 Å². The number of nitrogens with one attached hydrogen (secondary N) is 2. The van der Waals surface area contributed by atoms with E-state index in [1.54, 1.807) is 19.1 Å². The second-order valence-electron chi connectivity index (χ2n) is 7.55. The van der Waals surface area contributed by atoms with Crippen molar-refractivity contribution in [2.45, 2.75) is 32.0 Å². The average Bonchev–Trinajstić information content (AvgIpc) is 3.55. The van der Waals surface area contributed by atoms with E-state index in [9.17, 15) is 9.59 Å². The van der Waals surface area contributed by atoms with E-state index in [2.05, 4.69) is 10.6 Å². The summed E-state index contributed by atoms with van der Waals surface area (Å²) in [7, 11) is 3.35. The van der Waals surface area contributed by atoms with Crippen LogP contribution in [0.4, 0.5) is 0 Å². The Bertz CT molecular complexity index is 853. The molecule has 0 saturated heterocycles. The van der Waals surface area contributed by atoms with Crippen molar-refractivity contribution in [1.82, 2.24) is 15.5 Å². The first-order valence-corrected chi connectivity index (χ1v) is 10.1. The fourth-order valence-corrected chi connectivity index (χ4v) is 2.98. The zero-order valence-electron chi connectivity index (χ0n) is 17.5. The summed E-state index contributed by atoms with van der Waals surface area (Å²) in [5.74, 6) is 1.09. The maximum atomic E-state index is 12.2. The van der Waals surface area contributed by atoms with E-state index in [1.165, 1.54) is 0 Å². The Morgan fingerprint density at radius 1 is 1.00 bits per heavy atom. The monoisotopic (exact) mass is 411 g/mol. The van der Waals surface area contributed by atoms with Crippen molar-refractivity contribution in [2.24, 2.45) is 0 Å². The summed E-state index contributed by atoms with van der Waals surface area (Å²) in [5.41, 5.74) is 1.98. The van der Waals surface area contributed by atoms with Gasteiger partial charge in [-0.15, -0.1) is 0 Å². The maximum Gasteiger partial charge on any atom is 0.234 e. The lowest BCUT2D eigenvalue weighted by molar-refractivity contribution is -0.124. The largest absolute Gasteiger partial charge is 0.493 e. The van der Waals surface area contributed by atoms with E-state index < -0.39 is 0 Å². The van der Waals surface area contributed by atoms with Crippen LogP contribution in [0.15, 0.2) is 48.5 Å². The Morgan fingerprint density at radius 3 is 2.43 bits per heavy atom. The molecular weight excluding hydrogens is 382 g/mol. The van der Waals surface area contributed by atoms with E-state index in [1.807, 2.05) is 48.5 Å². The summed E-state index contributed by atoms with van der Waals surface area (Å²) in [6, 6.07) is 15.8. The summed E-state index contributed by atoms with van der Waals surface area (Å²) in [4.78, 5) is 25.7. The van der Waals surface area contributed by atoms with Crippen LogP contribution in [0.5, 0.6) is 11.5 Å². The van der Waals surface area contributed by atoms with Crippen molar-refractivity contribution in [1.29, 1.82) is 0 Å². The summed E-state index contributed by atoms with van der Waals surface area (Å²) in [6.07, 6.45) is 2.10. The highest BCUT2D eigenvalue weighted by molar-refractivity contribution is 5.81. The van der Waals surface area contributed by atoms with Crippen LogP contribution in [0.3, 0.4) is 0 Å². The number of hydrogen-bond donors (Lipinski definition) is 2. The van der Waals surface area contributed by atoms with Crippen LogP contribution in [0, 0.1) is 0 Å². The molecule has 1 saturated carbocycles. The van der Waals surface area contributed by atoms with Crippen LogP contribution >= 0.6 is 0 Å². The Labute approximate surface area is 177 Å². The topological polar surface area (TPSA) is 79.9 Å². The summed E-state index contributed by atoms with van der Waals surface area (Å²) < 4.78 is 11.3. The van der Waals surface area contributed by atoms with Crippen LogP contribution in [0.1, 0.15) is 24.0 Å². The van der Waals surface area contributed by atoms with Gasteiger partial charge in [0.05, 0.1) is 20.2 Å².